The number of aromatic nitrogens is 2. The summed E-state index contributed by atoms with van der Waals surface area (Å²) in [6.07, 6.45) is 0. The number of aryl methyl sites for hydroxylation is 2. The molecule has 5 nitrogen and oxygen atoms in total. The van der Waals surface area contributed by atoms with E-state index >= 15 is 0 Å². The van der Waals surface area contributed by atoms with Gasteiger partial charge in [0, 0.05) is 37.1 Å². The molecule has 0 aliphatic carbocycles. The van der Waals surface area contributed by atoms with Gasteiger partial charge in [0.15, 0.2) is 5.16 Å². The van der Waals surface area contributed by atoms with E-state index in [-0.39, 0.29) is 11.9 Å². The molecule has 1 aromatic heterocycles. The lowest BCUT2D eigenvalue weighted by Gasteiger charge is -2.33. The molecule has 1 aromatic rings. The number of nitrogens with one attached hydrogen (secondary N) is 1. The van der Waals surface area contributed by atoms with Crippen LogP contribution in [-0.2, 0) is 4.79 Å². The van der Waals surface area contributed by atoms with Gasteiger partial charge in [0.05, 0.1) is 5.75 Å². The highest BCUT2D eigenvalue weighted by atomic mass is 32.2. The summed E-state index contributed by atoms with van der Waals surface area (Å²) in [5.41, 5.74) is 1.89. The van der Waals surface area contributed by atoms with Gasteiger partial charge < -0.3 is 10.2 Å². The van der Waals surface area contributed by atoms with E-state index in [1.165, 1.54) is 11.8 Å². The van der Waals surface area contributed by atoms with Crippen molar-refractivity contribution < 1.29 is 4.79 Å². The Morgan fingerprint density at radius 3 is 2.79 bits per heavy atom. The normalized spacial score (nSPS) is 19.5. The molecule has 0 bridgehead atoms. The minimum absolute atomic E-state index is 0.168. The van der Waals surface area contributed by atoms with Crippen LogP contribution in [0.15, 0.2) is 11.2 Å². The molecule has 19 heavy (non-hydrogen) atoms. The van der Waals surface area contributed by atoms with Crippen LogP contribution >= 0.6 is 11.8 Å². The van der Waals surface area contributed by atoms with Crippen LogP contribution in [0, 0.1) is 13.8 Å². The average Bonchev–Trinajstić information content (AvgIpc) is 2.35. The Balaban J connectivity index is 1.92. The van der Waals surface area contributed by atoms with Gasteiger partial charge in [0.1, 0.15) is 0 Å². The van der Waals surface area contributed by atoms with Crippen LogP contribution in [0.25, 0.3) is 0 Å². The summed E-state index contributed by atoms with van der Waals surface area (Å²) in [6.45, 7) is 8.49. The second-order valence-electron chi connectivity index (χ2n) is 4.86. The van der Waals surface area contributed by atoms with E-state index in [1.54, 1.807) is 0 Å². The average molecular weight is 280 g/mol. The zero-order valence-corrected chi connectivity index (χ0v) is 12.5. The third kappa shape index (κ3) is 3.91. The van der Waals surface area contributed by atoms with E-state index in [2.05, 4.69) is 22.2 Å². The molecule has 1 amide bonds. The van der Waals surface area contributed by atoms with Crippen LogP contribution in [-0.4, -0.2) is 52.2 Å². The second kappa shape index (κ2) is 6.34. The first-order chi connectivity index (χ1) is 9.06. The molecule has 1 saturated heterocycles. The Morgan fingerprint density at radius 2 is 2.16 bits per heavy atom. The largest absolute Gasteiger partial charge is 0.337 e. The number of piperazine rings is 1. The molecule has 1 aliphatic rings. The van der Waals surface area contributed by atoms with Crippen molar-refractivity contribution in [1.29, 1.82) is 0 Å². The van der Waals surface area contributed by atoms with E-state index in [0.717, 1.165) is 31.0 Å². The van der Waals surface area contributed by atoms with E-state index < -0.39 is 0 Å². The Hall–Kier alpha value is -1.14. The number of rotatable bonds is 3. The number of carbonyl (C=O) groups is 1. The molecule has 104 valence electrons. The first-order valence-corrected chi connectivity index (χ1v) is 7.50. The molecular weight excluding hydrogens is 260 g/mol. The molecule has 2 rings (SSSR count). The third-order valence-corrected chi connectivity index (χ3v) is 3.94. The fourth-order valence-electron chi connectivity index (χ4n) is 2.18. The minimum Gasteiger partial charge on any atom is -0.337 e. The number of nitrogens with zero attached hydrogens (tertiary/aromatic N) is 3. The lowest BCUT2D eigenvalue weighted by molar-refractivity contribution is -0.131. The fourth-order valence-corrected chi connectivity index (χ4v) is 3.01. The van der Waals surface area contributed by atoms with E-state index in [9.17, 15) is 4.79 Å². The highest BCUT2D eigenvalue weighted by molar-refractivity contribution is 7.99. The second-order valence-corrected chi connectivity index (χ2v) is 5.80. The number of hydrogen-bond acceptors (Lipinski definition) is 5. The van der Waals surface area contributed by atoms with Gasteiger partial charge in [-0.3, -0.25) is 4.79 Å². The van der Waals surface area contributed by atoms with Crippen molar-refractivity contribution in [2.24, 2.45) is 0 Å². The summed E-state index contributed by atoms with van der Waals surface area (Å²) in [5, 5.41) is 3.97. The number of thioether (sulfide) groups is 1. The molecule has 2 heterocycles. The summed E-state index contributed by atoms with van der Waals surface area (Å²) in [5.74, 6) is 0.578. The fraction of sp³-hybridized carbons (Fsp3) is 0.615. The van der Waals surface area contributed by atoms with Crippen molar-refractivity contribution in [3.8, 4) is 0 Å². The van der Waals surface area contributed by atoms with E-state index in [4.69, 9.17) is 0 Å². The maximum Gasteiger partial charge on any atom is 0.233 e. The van der Waals surface area contributed by atoms with Gasteiger partial charge in [-0.15, -0.1) is 0 Å². The van der Waals surface area contributed by atoms with Crippen LogP contribution < -0.4 is 5.32 Å². The zero-order valence-electron chi connectivity index (χ0n) is 11.6. The topological polar surface area (TPSA) is 58.1 Å². The van der Waals surface area contributed by atoms with Gasteiger partial charge in [-0.05, 0) is 26.8 Å². The van der Waals surface area contributed by atoms with Crippen LogP contribution in [0.2, 0.25) is 0 Å². The van der Waals surface area contributed by atoms with Crippen molar-refractivity contribution in [2.45, 2.75) is 32.0 Å². The Labute approximate surface area is 118 Å². The van der Waals surface area contributed by atoms with E-state index in [0.29, 0.717) is 10.9 Å². The molecule has 6 heteroatoms. The molecule has 1 unspecified atom stereocenters. The smallest absolute Gasteiger partial charge is 0.233 e. The summed E-state index contributed by atoms with van der Waals surface area (Å²) in [6, 6.07) is 2.20. The predicted octanol–water partition coefficient (Wildman–Crippen LogP) is 1.01. The quantitative estimate of drug-likeness (QED) is 0.661. The molecule has 0 spiro atoms. The maximum atomic E-state index is 12.2. The molecule has 1 N–H and O–H groups in total. The highest BCUT2D eigenvalue weighted by Gasteiger charge is 2.22. The molecule has 0 aromatic carbocycles. The monoisotopic (exact) mass is 280 g/mol. The van der Waals surface area contributed by atoms with Crippen LogP contribution in [0.1, 0.15) is 18.3 Å². The number of hydrogen-bond donors (Lipinski definition) is 1. The summed E-state index contributed by atoms with van der Waals surface area (Å²) < 4.78 is 0. The number of carbonyl (C=O) groups excluding carboxylic acids is 1. The van der Waals surface area contributed by atoms with Crippen molar-refractivity contribution in [3.05, 3.63) is 17.5 Å². The first-order valence-electron chi connectivity index (χ1n) is 6.51. The van der Waals surface area contributed by atoms with Crippen molar-refractivity contribution in [2.75, 3.05) is 25.4 Å². The minimum atomic E-state index is 0.168. The van der Waals surface area contributed by atoms with Gasteiger partial charge in [-0.25, -0.2) is 9.97 Å². The van der Waals surface area contributed by atoms with Crippen molar-refractivity contribution in [3.63, 3.8) is 0 Å². The molecule has 0 radical (unpaired) electrons. The van der Waals surface area contributed by atoms with Gasteiger partial charge in [0.2, 0.25) is 5.91 Å². The molecular formula is C13H20N4OS. The molecule has 1 atom stereocenters. The van der Waals surface area contributed by atoms with Crippen LogP contribution in [0.3, 0.4) is 0 Å². The first kappa shape index (κ1) is 14.3. The Bertz CT molecular complexity index is 446. The maximum absolute atomic E-state index is 12.2. The highest BCUT2D eigenvalue weighted by Crippen LogP contribution is 2.16. The van der Waals surface area contributed by atoms with Gasteiger partial charge >= 0.3 is 0 Å². The van der Waals surface area contributed by atoms with Crippen LogP contribution in [0.4, 0.5) is 0 Å². The van der Waals surface area contributed by atoms with Gasteiger partial charge in [0.25, 0.3) is 0 Å². The molecule has 1 aliphatic heterocycles. The summed E-state index contributed by atoms with van der Waals surface area (Å²) >= 11 is 1.42. The van der Waals surface area contributed by atoms with Crippen LogP contribution in [0.5, 0.6) is 0 Å². The number of amides is 1. The third-order valence-electron chi connectivity index (χ3n) is 3.11. The van der Waals surface area contributed by atoms with Crippen molar-refractivity contribution in [1.82, 2.24) is 20.2 Å². The lowest BCUT2D eigenvalue weighted by atomic mass is 10.2. The summed E-state index contributed by atoms with van der Waals surface area (Å²) in [7, 11) is 0. The van der Waals surface area contributed by atoms with Gasteiger partial charge in [-0.1, -0.05) is 11.8 Å². The molecule has 0 saturated carbocycles. The standard InChI is InChI=1S/C13H20N4OS/c1-9-6-10(2)16-13(15-9)19-8-12(18)17-5-4-14-7-11(17)3/h6,11,14H,4-5,7-8H2,1-3H3. The molecule has 1 fully saturated rings. The SMILES string of the molecule is Cc1cc(C)nc(SCC(=O)N2CCNCC2C)n1. The summed E-state index contributed by atoms with van der Waals surface area (Å²) in [4.78, 5) is 22.8. The lowest BCUT2D eigenvalue weighted by Crippen LogP contribution is -2.52. The zero-order chi connectivity index (χ0) is 13.8. The predicted molar refractivity (Wildman–Crippen MR) is 76.3 cm³/mol. The van der Waals surface area contributed by atoms with Crippen molar-refractivity contribution >= 4 is 17.7 Å². The van der Waals surface area contributed by atoms with E-state index in [1.807, 2.05) is 24.8 Å². The Morgan fingerprint density at radius 1 is 1.47 bits per heavy atom. The Kier molecular flexibility index (Phi) is 4.76. The van der Waals surface area contributed by atoms with Gasteiger partial charge in [-0.2, -0.15) is 0 Å².